The van der Waals surface area contributed by atoms with E-state index in [0.29, 0.717) is 16.4 Å². The quantitative estimate of drug-likeness (QED) is 0.748. The van der Waals surface area contributed by atoms with Gasteiger partial charge in [0.1, 0.15) is 6.33 Å². The number of benzene rings is 1. The van der Waals surface area contributed by atoms with Crippen LogP contribution in [0.5, 0.6) is 0 Å². The minimum atomic E-state index is -0.136. The van der Waals surface area contributed by atoms with Crippen LogP contribution >= 0.6 is 11.8 Å². The summed E-state index contributed by atoms with van der Waals surface area (Å²) in [5, 5.41) is 13.2. The molecule has 1 aromatic heterocycles. The summed E-state index contributed by atoms with van der Waals surface area (Å²) in [6.07, 6.45) is 5.03. The van der Waals surface area contributed by atoms with Gasteiger partial charge in [0.15, 0.2) is 5.16 Å². The fourth-order valence-corrected chi connectivity index (χ4v) is 3.34. The predicted molar refractivity (Wildman–Crippen MR) is 99.7 cm³/mol. The number of anilines is 1. The number of aryl methyl sites for hydroxylation is 1. The van der Waals surface area contributed by atoms with E-state index >= 15 is 0 Å². The number of thioether (sulfide) groups is 1. The number of hydrogen-bond acceptors (Lipinski definition) is 6. The van der Waals surface area contributed by atoms with E-state index in [9.17, 15) is 9.59 Å². The van der Waals surface area contributed by atoms with E-state index in [1.165, 1.54) is 18.2 Å². The number of carbonyl (C=O) groups is 2. The van der Waals surface area contributed by atoms with Gasteiger partial charge in [0.25, 0.3) is 5.91 Å². The van der Waals surface area contributed by atoms with Gasteiger partial charge < -0.3 is 9.88 Å². The van der Waals surface area contributed by atoms with E-state index in [-0.39, 0.29) is 17.6 Å². The average Bonchev–Trinajstić information content (AvgIpc) is 3.06. The van der Waals surface area contributed by atoms with Crippen LogP contribution in [0, 0.1) is 0 Å². The van der Waals surface area contributed by atoms with E-state index in [4.69, 9.17) is 0 Å². The third-order valence-electron chi connectivity index (χ3n) is 4.05. The van der Waals surface area contributed by atoms with Gasteiger partial charge in [-0.25, -0.2) is 5.01 Å². The maximum Gasteiger partial charge on any atom is 0.265 e. The highest BCUT2D eigenvalue weighted by Crippen LogP contribution is 2.15. The average molecular weight is 374 g/mol. The first-order chi connectivity index (χ1) is 12.6. The largest absolute Gasteiger partial charge is 0.325 e. The minimum absolute atomic E-state index is 0.123. The van der Waals surface area contributed by atoms with Crippen LogP contribution in [-0.4, -0.2) is 50.4 Å². The number of nitrogens with zero attached hydrogens (tertiary/aromatic N) is 4. The van der Waals surface area contributed by atoms with Crippen molar-refractivity contribution < 1.29 is 9.59 Å². The Hall–Kier alpha value is -2.39. The Labute approximate surface area is 156 Å². The summed E-state index contributed by atoms with van der Waals surface area (Å²) in [6.45, 7) is 1.78. The van der Waals surface area contributed by atoms with Gasteiger partial charge in [-0.1, -0.05) is 18.2 Å². The second-order valence-electron chi connectivity index (χ2n) is 6.13. The molecule has 1 aromatic carbocycles. The maximum absolute atomic E-state index is 12.3. The van der Waals surface area contributed by atoms with Gasteiger partial charge in [0.05, 0.1) is 5.75 Å². The van der Waals surface area contributed by atoms with Crippen LogP contribution in [0.1, 0.15) is 29.6 Å². The summed E-state index contributed by atoms with van der Waals surface area (Å²) in [5.74, 6) is -0.0184. The third-order valence-corrected chi connectivity index (χ3v) is 5.08. The van der Waals surface area contributed by atoms with Gasteiger partial charge in [0, 0.05) is 31.4 Å². The first-order valence-electron chi connectivity index (χ1n) is 8.54. The topological polar surface area (TPSA) is 92.1 Å². The van der Waals surface area contributed by atoms with Crippen LogP contribution in [-0.2, 0) is 11.8 Å². The predicted octanol–water partition coefficient (Wildman–Crippen LogP) is 1.68. The lowest BCUT2D eigenvalue weighted by Crippen LogP contribution is -2.45. The SMILES string of the molecule is Cn1cnnc1SCC(=O)Nc1ccc(C(=O)NN2CCCCC2)cc1. The van der Waals surface area contributed by atoms with Gasteiger partial charge in [0.2, 0.25) is 5.91 Å². The maximum atomic E-state index is 12.3. The Kier molecular flexibility index (Phi) is 6.24. The van der Waals surface area contributed by atoms with Gasteiger partial charge in [-0.15, -0.1) is 10.2 Å². The molecule has 0 saturated carbocycles. The number of aromatic nitrogens is 3. The molecule has 9 heteroatoms. The normalized spacial score (nSPS) is 14.8. The molecule has 8 nitrogen and oxygen atoms in total. The van der Waals surface area contributed by atoms with Crippen LogP contribution in [0.2, 0.25) is 0 Å². The van der Waals surface area contributed by atoms with Crippen molar-refractivity contribution in [3.63, 3.8) is 0 Å². The van der Waals surface area contributed by atoms with Crippen molar-refractivity contribution in [1.82, 2.24) is 25.2 Å². The summed E-state index contributed by atoms with van der Waals surface area (Å²) in [4.78, 5) is 24.3. The molecule has 2 N–H and O–H groups in total. The van der Waals surface area contributed by atoms with Crippen LogP contribution in [0.3, 0.4) is 0 Å². The molecule has 1 aliphatic heterocycles. The van der Waals surface area contributed by atoms with E-state index in [1.807, 2.05) is 12.1 Å². The molecule has 1 fully saturated rings. The van der Waals surface area contributed by atoms with E-state index in [1.54, 1.807) is 35.2 Å². The smallest absolute Gasteiger partial charge is 0.265 e. The lowest BCUT2D eigenvalue weighted by atomic mass is 10.1. The van der Waals surface area contributed by atoms with Gasteiger partial charge >= 0.3 is 0 Å². The second-order valence-corrected chi connectivity index (χ2v) is 7.07. The first-order valence-corrected chi connectivity index (χ1v) is 9.53. The molecule has 1 aliphatic rings. The van der Waals surface area contributed by atoms with Crippen LogP contribution in [0.25, 0.3) is 0 Å². The zero-order valence-corrected chi connectivity index (χ0v) is 15.5. The van der Waals surface area contributed by atoms with Crippen LogP contribution in [0.15, 0.2) is 35.7 Å². The zero-order valence-electron chi connectivity index (χ0n) is 14.6. The molecule has 0 aliphatic carbocycles. The molecule has 138 valence electrons. The third kappa shape index (κ3) is 5.06. The molecule has 2 heterocycles. The Bertz CT molecular complexity index is 755. The molecule has 0 unspecified atom stereocenters. The standard InChI is InChI=1S/C17H22N6O2S/c1-22-12-18-20-17(22)26-11-15(24)19-14-7-5-13(6-8-14)16(25)21-23-9-3-2-4-10-23/h5-8,12H,2-4,9-11H2,1H3,(H,19,24)(H,21,25). The number of hydrazine groups is 1. The number of amides is 2. The van der Waals surface area contributed by atoms with Gasteiger partial charge in [-0.05, 0) is 37.1 Å². The molecule has 0 bridgehead atoms. The lowest BCUT2D eigenvalue weighted by Gasteiger charge is -2.26. The zero-order chi connectivity index (χ0) is 18.4. The van der Waals surface area contributed by atoms with Crippen molar-refractivity contribution in [2.45, 2.75) is 24.4 Å². The molecule has 0 radical (unpaired) electrons. The Morgan fingerprint density at radius 2 is 1.88 bits per heavy atom. The highest BCUT2D eigenvalue weighted by atomic mass is 32.2. The Balaban J connectivity index is 1.48. The number of hydrogen-bond donors (Lipinski definition) is 2. The number of rotatable bonds is 6. The minimum Gasteiger partial charge on any atom is -0.325 e. The highest BCUT2D eigenvalue weighted by molar-refractivity contribution is 7.99. The van der Waals surface area contributed by atoms with Crippen molar-refractivity contribution in [2.24, 2.45) is 7.05 Å². The van der Waals surface area contributed by atoms with Crippen LogP contribution < -0.4 is 10.7 Å². The number of carbonyl (C=O) groups excluding carboxylic acids is 2. The molecule has 26 heavy (non-hydrogen) atoms. The van der Waals surface area contributed by atoms with Crippen molar-refractivity contribution in [2.75, 3.05) is 24.2 Å². The van der Waals surface area contributed by atoms with Crippen molar-refractivity contribution in [1.29, 1.82) is 0 Å². The summed E-state index contributed by atoms with van der Waals surface area (Å²) in [5.41, 5.74) is 4.15. The molecule has 2 aromatic rings. The molecule has 2 amide bonds. The van der Waals surface area contributed by atoms with Gasteiger partial charge in [-0.2, -0.15) is 0 Å². The number of piperidine rings is 1. The number of nitrogens with one attached hydrogen (secondary N) is 2. The molecular formula is C17H22N6O2S. The lowest BCUT2D eigenvalue weighted by molar-refractivity contribution is -0.113. The second kappa shape index (κ2) is 8.81. The Morgan fingerprint density at radius 1 is 1.15 bits per heavy atom. The first kappa shape index (κ1) is 18.4. The fourth-order valence-electron chi connectivity index (χ4n) is 2.65. The van der Waals surface area contributed by atoms with Crippen molar-refractivity contribution in [3.8, 4) is 0 Å². The van der Waals surface area contributed by atoms with Gasteiger partial charge in [-0.3, -0.25) is 15.0 Å². The summed E-state index contributed by atoms with van der Waals surface area (Å²) < 4.78 is 1.76. The van der Waals surface area contributed by atoms with Crippen LogP contribution in [0.4, 0.5) is 5.69 Å². The monoisotopic (exact) mass is 374 g/mol. The van der Waals surface area contributed by atoms with E-state index < -0.39 is 0 Å². The van der Waals surface area contributed by atoms with E-state index in [0.717, 1.165) is 25.9 Å². The molecule has 0 spiro atoms. The summed E-state index contributed by atoms with van der Waals surface area (Å²) in [7, 11) is 1.83. The summed E-state index contributed by atoms with van der Waals surface area (Å²) in [6, 6.07) is 6.89. The van der Waals surface area contributed by atoms with Crippen molar-refractivity contribution >= 4 is 29.3 Å². The molecule has 3 rings (SSSR count). The summed E-state index contributed by atoms with van der Waals surface area (Å²) >= 11 is 1.32. The molecular weight excluding hydrogens is 352 g/mol. The molecule has 1 saturated heterocycles. The fraction of sp³-hybridized carbons (Fsp3) is 0.412. The molecule has 0 atom stereocenters. The van der Waals surface area contributed by atoms with E-state index in [2.05, 4.69) is 20.9 Å². The van der Waals surface area contributed by atoms with Crippen molar-refractivity contribution in [3.05, 3.63) is 36.2 Å². The highest BCUT2D eigenvalue weighted by Gasteiger charge is 2.14. The Morgan fingerprint density at radius 3 is 2.54 bits per heavy atom.